The van der Waals surface area contributed by atoms with E-state index >= 15 is 0 Å². The van der Waals surface area contributed by atoms with Crippen LogP contribution in [0.25, 0.3) is 0 Å². The Morgan fingerprint density at radius 1 is 1.75 bits per heavy atom. The van der Waals surface area contributed by atoms with Crippen LogP contribution < -0.4 is 5.73 Å². The Kier molecular flexibility index (Phi) is 1.82. The molecule has 12 heavy (non-hydrogen) atoms. The van der Waals surface area contributed by atoms with Crippen molar-refractivity contribution < 1.29 is 9.72 Å². The predicted molar refractivity (Wildman–Crippen MR) is 39.5 cm³/mol. The first-order valence-corrected chi connectivity index (χ1v) is 3.09. The summed E-state index contributed by atoms with van der Waals surface area (Å²) in [5, 5.41) is 10.2. The molecule has 0 spiro atoms. The lowest BCUT2D eigenvalue weighted by Gasteiger charge is -1.92. The van der Waals surface area contributed by atoms with Gasteiger partial charge in [-0.2, -0.15) is 0 Å². The summed E-state index contributed by atoms with van der Waals surface area (Å²) in [4.78, 5) is 20.1. The van der Waals surface area contributed by atoms with Crippen molar-refractivity contribution >= 4 is 11.6 Å². The number of rotatable bonds is 2. The number of carbonyl (C=O) groups excluding carboxylic acids is 1. The Hall–Kier alpha value is -1.85. The summed E-state index contributed by atoms with van der Waals surface area (Å²) in [5.74, 6) is -0.925. The maximum Gasteiger partial charge on any atom is 0.287 e. The largest absolute Gasteiger partial charge is 0.340 e. The van der Waals surface area contributed by atoms with Gasteiger partial charge in [-0.3, -0.25) is 20.6 Å². The van der Waals surface area contributed by atoms with Gasteiger partial charge in [-0.05, 0) is 0 Å². The van der Waals surface area contributed by atoms with Crippen molar-refractivity contribution in [1.29, 1.82) is 0 Å². The molecule has 63 valence electrons. The van der Waals surface area contributed by atoms with Gasteiger partial charge < -0.3 is 4.57 Å². The molecule has 0 aliphatic rings. The molecule has 6 nitrogen and oxygen atoms in total. The van der Waals surface area contributed by atoms with Crippen LogP contribution in [-0.4, -0.2) is 15.4 Å². The average molecular weight is 168 g/mol. The van der Waals surface area contributed by atoms with Crippen molar-refractivity contribution in [3.63, 3.8) is 0 Å². The number of nitrogens with zero attached hydrogens (tertiary/aromatic N) is 2. The fourth-order valence-electron chi connectivity index (χ4n) is 0.873. The van der Waals surface area contributed by atoms with E-state index in [2.05, 4.69) is 0 Å². The summed E-state index contributed by atoms with van der Waals surface area (Å²) in [6.07, 6.45) is 1.20. The average Bonchev–Trinajstić information content (AvgIpc) is 2.30. The fraction of sp³-hybridized carbons (Fsp3) is 0.167. The molecule has 1 radical (unpaired) electrons. The van der Waals surface area contributed by atoms with Gasteiger partial charge in [0.15, 0.2) is 0 Å². The number of hydrogen-bond acceptors (Lipinski definition) is 3. The highest BCUT2D eigenvalue weighted by Crippen LogP contribution is 2.14. The van der Waals surface area contributed by atoms with Gasteiger partial charge in [0.25, 0.3) is 11.6 Å². The van der Waals surface area contributed by atoms with Crippen LogP contribution in [0.1, 0.15) is 10.5 Å². The number of nitro groups is 1. The molecule has 6 heteroatoms. The molecule has 0 saturated heterocycles. The number of aromatic nitrogens is 1. The van der Waals surface area contributed by atoms with Crippen molar-refractivity contribution in [2.45, 2.75) is 0 Å². The predicted octanol–water partition coefficient (Wildman–Crippen LogP) is 0.356. The molecule has 0 saturated carbocycles. The van der Waals surface area contributed by atoms with Crippen LogP contribution >= 0.6 is 0 Å². The van der Waals surface area contributed by atoms with Crippen molar-refractivity contribution in [2.24, 2.45) is 7.05 Å². The van der Waals surface area contributed by atoms with Crippen molar-refractivity contribution in [1.82, 2.24) is 10.3 Å². The molecule has 1 aromatic heterocycles. The molecule has 0 aromatic carbocycles. The summed E-state index contributed by atoms with van der Waals surface area (Å²) >= 11 is 0. The zero-order valence-corrected chi connectivity index (χ0v) is 6.27. The van der Waals surface area contributed by atoms with Crippen molar-refractivity contribution in [3.05, 3.63) is 28.1 Å². The van der Waals surface area contributed by atoms with Crippen LogP contribution in [0, 0.1) is 10.1 Å². The van der Waals surface area contributed by atoms with Crippen LogP contribution in [-0.2, 0) is 7.05 Å². The Labute approximate surface area is 67.7 Å². The minimum Gasteiger partial charge on any atom is -0.340 e. The topological polar surface area (TPSA) is 88.9 Å². The highest BCUT2D eigenvalue weighted by atomic mass is 16.6. The first kappa shape index (κ1) is 8.25. The SMILES string of the molecule is Cn1cc([N+](=O)[O-])cc1C([NH])=O. The molecular weight excluding hydrogens is 162 g/mol. The molecule has 0 aliphatic heterocycles. The fourth-order valence-corrected chi connectivity index (χ4v) is 0.873. The van der Waals surface area contributed by atoms with Crippen LogP contribution in [0.2, 0.25) is 0 Å². The van der Waals surface area contributed by atoms with Gasteiger partial charge in [-0.15, -0.1) is 0 Å². The minimum atomic E-state index is -0.925. The lowest BCUT2D eigenvalue weighted by molar-refractivity contribution is -0.384. The van der Waals surface area contributed by atoms with Gasteiger partial charge in [0, 0.05) is 13.1 Å². The van der Waals surface area contributed by atoms with Crippen molar-refractivity contribution in [2.75, 3.05) is 0 Å². The van der Waals surface area contributed by atoms with E-state index in [0.717, 1.165) is 6.07 Å². The van der Waals surface area contributed by atoms with E-state index in [1.807, 2.05) is 0 Å². The standard InChI is InChI=1S/C6H6N3O3/c1-8-3-4(9(11)12)2-5(8)6(7)10/h2-3,7H,1H3. The number of nitrogens with one attached hydrogen (secondary N) is 1. The summed E-state index contributed by atoms with van der Waals surface area (Å²) in [6.45, 7) is 0. The van der Waals surface area contributed by atoms with Crippen LogP contribution in [0.3, 0.4) is 0 Å². The zero-order valence-electron chi connectivity index (χ0n) is 6.27. The molecule has 1 rings (SSSR count). The normalized spacial score (nSPS) is 9.75. The van der Waals surface area contributed by atoms with Gasteiger partial charge in [0.1, 0.15) is 5.69 Å². The molecule has 0 aliphatic carbocycles. The Balaban J connectivity index is 3.17. The lowest BCUT2D eigenvalue weighted by Crippen LogP contribution is -2.04. The number of amides is 1. The third-order valence-corrected chi connectivity index (χ3v) is 1.43. The van der Waals surface area contributed by atoms with E-state index in [0.29, 0.717) is 0 Å². The van der Waals surface area contributed by atoms with E-state index in [9.17, 15) is 14.9 Å². The molecule has 0 bridgehead atoms. The molecule has 0 unspecified atom stereocenters. The number of aryl methyl sites for hydroxylation is 1. The highest BCUT2D eigenvalue weighted by Gasteiger charge is 2.15. The summed E-state index contributed by atoms with van der Waals surface area (Å²) in [7, 11) is 1.48. The Morgan fingerprint density at radius 2 is 2.33 bits per heavy atom. The third-order valence-electron chi connectivity index (χ3n) is 1.43. The molecule has 1 amide bonds. The second-order valence-electron chi connectivity index (χ2n) is 2.28. The van der Waals surface area contributed by atoms with Crippen LogP contribution in [0.5, 0.6) is 0 Å². The van der Waals surface area contributed by atoms with Crippen LogP contribution in [0.15, 0.2) is 12.3 Å². The summed E-state index contributed by atoms with van der Waals surface area (Å²) in [6, 6.07) is 1.08. The smallest absolute Gasteiger partial charge is 0.287 e. The maximum atomic E-state index is 10.5. The molecule has 0 fully saturated rings. The van der Waals surface area contributed by atoms with Gasteiger partial charge in [-0.1, -0.05) is 0 Å². The van der Waals surface area contributed by atoms with Gasteiger partial charge in [-0.25, -0.2) is 0 Å². The zero-order chi connectivity index (χ0) is 9.30. The lowest BCUT2D eigenvalue weighted by atomic mass is 10.4. The van der Waals surface area contributed by atoms with E-state index in [1.54, 1.807) is 0 Å². The highest BCUT2D eigenvalue weighted by molar-refractivity contribution is 5.91. The third kappa shape index (κ3) is 1.26. The van der Waals surface area contributed by atoms with Crippen LogP contribution in [0.4, 0.5) is 5.69 Å². The molecule has 1 heterocycles. The van der Waals surface area contributed by atoms with Gasteiger partial charge in [0.2, 0.25) is 0 Å². The second kappa shape index (κ2) is 2.65. The molecular formula is C6H6N3O3. The monoisotopic (exact) mass is 168 g/mol. The first-order valence-electron chi connectivity index (χ1n) is 3.09. The first-order chi connectivity index (χ1) is 5.52. The second-order valence-corrected chi connectivity index (χ2v) is 2.28. The molecule has 1 N–H and O–H groups in total. The number of carbonyl (C=O) groups is 1. The number of hydrogen-bond donors (Lipinski definition) is 0. The minimum absolute atomic E-state index is 0.0155. The van der Waals surface area contributed by atoms with Gasteiger partial charge >= 0.3 is 0 Å². The van der Waals surface area contributed by atoms with E-state index in [4.69, 9.17) is 5.73 Å². The van der Waals surface area contributed by atoms with E-state index < -0.39 is 10.8 Å². The summed E-state index contributed by atoms with van der Waals surface area (Å²) in [5.41, 5.74) is 6.57. The quantitative estimate of drug-likeness (QED) is 0.471. The Bertz CT molecular complexity index is 342. The van der Waals surface area contributed by atoms with E-state index in [1.165, 1.54) is 17.8 Å². The van der Waals surface area contributed by atoms with E-state index in [-0.39, 0.29) is 11.4 Å². The van der Waals surface area contributed by atoms with Gasteiger partial charge in [0.05, 0.1) is 11.1 Å². The Morgan fingerprint density at radius 3 is 2.58 bits per heavy atom. The molecule has 0 atom stereocenters. The summed E-state index contributed by atoms with van der Waals surface area (Å²) < 4.78 is 1.26. The molecule has 1 aromatic rings. The van der Waals surface area contributed by atoms with Crippen molar-refractivity contribution in [3.8, 4) is 0 Å². The maximum absolute atomic E-state index is 10.5.